The molecule has 0 unspecified atom stereocenters. The molecular weight excluding hydrogens is 556 g/mol. The zero-order valence-corrected chi connectivity index (χ0v) is 24.0. The maximum Gasteiger partial charge on any atom is 0.326 e. The fraction of sp³-hybridized carbons (Fsp3) is 0.731. The van der Waals surface area contributed by atoms with Gasteiger partial charge in [-0.15, -0.1) is 0 Å². The van der Waals surface area contributed by atoms with Gasteiger partial charge in [0.05, 0.1) is 12.5 Å². The van der Waals surface area contributed by atoms with E-state index >= 15 is 0 Å². The van der Waals surface area contributed by atoms with E-state index in [9.17, 15) is 43.8 Å². The number of nitrogens with two attached hydrogens (primary N) is 2. The van der Waals surface area contributed by atoms with Gasteiger partial charge >= 0.3 is 17.9 Å². The van der Waals surface area contributed by atoms with Crippen molar-refractivity contribution in [2.24, 2.45) is 17.4 Å². The molecule has 0 aromatic heterocycles. The Hall–Kier alpha value is -3.79. The number of likely N-dealkylation sites (tertiary alicyclic amines) is 1. The quantitative estimate of drug-likeness (QED) is 0.0775. The molecule has 1 fully saturated rings. The van der Waals surface area contributed by atoms with Crippen LogP contribution in [0.5, 0.6) is 0 Å². The predicted octanol–water partition coefficient (Wildman–Crippen LogP) is -1.64. The summed E-state index contributed by atoms with van der Waals surface area (Å²) in [6.07, 6.45) is 0.303. The van der Waals surface area contributed by atoms with Gasteiger partial charge in [-0.1, -0.05) is 13.8 Å². The summed E-state index contributed by atoms with van der Waals surface area (Å²) >= 11 is 0. The van der Waals surface area contributed by atoms with E-state index in [1.807, 2.05) is 13.8 Å². The largest absolute Gasteiger partial charge is 0.481 e. The van der Waals surface area contributed by atoms with Crippen LogP contribution in [-0.4, -0.2) is 105 Å². The van der Waals surface area contributed by atoms with Crippen LogP contribution in [0.25, 0.3) is 0 Å². The number of amides is 4. The first-order valence-corrected chi connectivity index (χ1v) is 14.0. The zero-order valence-electron chi connectivity index (χ0n) is 24.0. The molecule has 1 rings (SSSR count). The lowest BCUT2D eigenvalue weighted by molar-refractivity contribution is -0.147. The lowest BCUT2D eigenvalue weighted by Crippen LogP contribution is -2.58. The summed E-state index contributed by atoms with van der Waals surface area (Å²) < 4.78 is 0. The van der Waals surface area contributed by atoms with E-state index in [0.29, 0.717) is 38.6 Å². The molecule has 0 saturated carbocycles. The summed E-state index contributed by atoms with van der Waals surface area (Å²) in [6, 6.07) is -6.24. The van der Waals surface area contributed by atoms with Crippen molar-refractivity contribution in [2.45, 2.75) is 102 Å². The van der Waals surface area contributed by atoms with E-state index in [1.54, 1.807) is 0 Å². The SMILES string of the molecule is CC(C)C[C@H](N)C(=O)N1CCC[C@H]1C(=O)N[C@@H](CCC(=O)O)C(=O)N[C@@H](CCCCN)C(=O)N[C@@H](CC(=O)O)C(=O)O. The number of carbonyl (C=O) groups is 7. The molecule has 1 aliphatic rings. The highest BCUT2D eigenvalue weighted by atomic mass is 16.4. The number of rotatable bonds is 19. The number of nitrogens with one attached hydrogen (secondary N) is 3. The van der Waals surface area contributed by atoms with Crippen LogP contribution in [0.1, 0.15) is 71.6 Å². The highest BCUT2D eigenvalue weighted by Gasteiger charge is 2.38. The van der Waals surface area contributed by atoms with Crippen LogP contribution in [0.2, 0.25) is 0 Å². The zero-order chi connectivity index (χ0) is 32.0. The third-order valence-corrected chi connectivity index (χ3v) is 6.73. The predicted molar refractivity (Wildman–Crippen MR) is 148 cm³/mol. The number of carboxylic acid groups (broad SMARTS) is 3. The summed E-state index contributed by atoms with van der Waals surface area (Å²) in [5, 5.41) is 34.4. The van der Waals surface area contributed by atoms with E-state index in [-0.39, 0.29) is 25.3 Å². The lowest BCUT2D eigenvalue weighted by Gasteiger charge is -2.29. The molecular formula is C26H44N6O10. The fourth-order valence-corrected chi connectivity index (χ4v) is 4.61. The van der Waals surface area contributed by atoms with Crippen molar-refractivity contribution in [1.82, 2.24) is 20.9 Å². The Morgan fingerprint density at radius 2 is 1.45 bits per heavy atom. The molecule has 0 aromatic rings. The molecule has 0 aromatic carbocycles. The summed E-state index contributed by atoms with van der Waals surface area (Å²) in [5.74, 6) is -7.11. The second kappa shape index (κ2) is 17.9. The fourth-order valence-electron chi connectivity index (χ4n) is 4.61. The van der Waals surface area contributed by atoms with Gasteiger partial charge in [-0.05, 0) is 57.4 Å². The molecule has 42 heavy (non-hydrogen) atoms. The molecule has 0 spiro atoms. The molecule has 16 heteroatoms. The molecule has 1 saturated heterocycles. The van der Waals surface area contributed by atoms with Crippen molar-refractivity contribution < 1.29 is 48.9 Å². The minimum atomic E-state index is -1.76. The number of unbranched alkanes of at least 4 members (excludes halogenated alkanes) is 1. The standard InChI is InChI=1S/C26H44N6O10/c1-14(2)12-15(28)25(40)32-11-5-7-19(32)24(39)30-17(8-9-20(33)34)23(38)29-16(6-3-4-10-27)22(37)31-18(26(41)42)13-21(35)36/h14-19H,3-13,27-28H2,1-2H3,(H,29,38)(H,30,39)(H,31,37)(H,33,34)(H,35,36)(H,41,42)/t15-,16-,17-,18-,19-/m0/s1. The monoisotopic (exact) mass is 600 g/mol. The highest BCUT2D eigenvalue weighted by Crippen LogP contribution is 2.20. The molecule has 1 aliphatic heterocycles. The topological polar surface area (TPSA) is 272 Å². The Balaban J connectivity index is 3.10. The van der Waals surface area contributed by atoms with Crippen LogP contribution in [-0.2, 0) is 33.6 Å². The second-order valence-electron chi connectivity index (χ2n) is 10.8. The first-order chi connectivity index (χ1) is 19.7. The number of nitrogens with zero attached hydrogens (tertiary/aromatic N) is 1. The van der Waals surface area contributed by atoms with Gasteiger partial charge in [0.2, 0.25) is 23.6 Å². The van der Waals surface area contributed by atoms with Crippen molar-refractivity contribution in [3.63, 3.8) is 0 Å². The Kier molecular flexibility index (Phi) is 15.4. The van der Waals surface area contributed by atoms with E-state index < -0.39 is 84.6 Å². The van der Waals surface area contributed by atoms with Crippen LogP contribution in [0.4, 0.5) is 0 Å². The third-order valence-electron chi connectivity index (χ3n) is 6.73. The summed E-state index contributed by atoms with van der Waals surface area (Å²) in [6.45, 7) is 4.38. The smallest absolute Gasteiger partial charge is 0.326 e. The molecule has 0 bridgehead atoms. The van der Waals surface area contributed by atoms with Gasteiger partial charge in [0.15, 0.2) is 0 Å². The van der Waals surface area contributed by atoms with Gasteiger partial charge < -0.3 is 47.6 Å². The average molecular weight is 601 g/mol. The Bertz CT molecular complexity index is 991. The second-order valence-corrected chi connectivity index (χ2v) is 10.8. The molecule has 1 heterocycles. The summed E-state index contributed by atoms with van der Waals surface area (Å²) in [7, 11) is 0. The van der Waals surface area contributed by atoms with E-state index in [4.69, 9.17) is 16.6 Å². The molecule has 238 valence electrons. The third kappa shape index (κ3) is 12.4. The number of carboxylic acids is 3. The van der Waals surface area contributed by atoms with Gasteiger partial charge in [0.25, 0.3) is 0 Å². The minimum absolute atomic E-state index is 0.00637. The number of aliphatic carboxylic acids is 3. The average Bonchev–Trinajstić information content (AvgIpc) is 3.38. The van der Waals surface area contributed by atoms with Crippen LogP contribution in [0, 0.1) is 5.92 Å². The molecule has 4 amide bonds. The number of hydrogen-bond donors (Lipinski definition) is 8. The molecule has 5 atom stereocenters. The lowest BCUT2D eigenvalue weighted by atomic mass is 10.0. The van der Waals surface area contributed by atoms with Crippen molar-refractivity contribution in [3.05, 3.63) is 0 Å². The van der Waals surface area contributed by atoms with Crippen molar-refractivity contribution >= 4 is 41.5 Å². The number of hydrogen-bond acceptors (Lipinski definition) is 9. The Morgan fingerprint density at radius 1 is 0.857 bits per heavy atom. The van der Waals surface area contributed by atoms with Gasteiger partial charge in [-0.2, -0.15) is 0 Å². The van der Waals surface area contributed by atoms with Crippen molar-refractivity contribution in [1.29, 1.82) is 0 Å². The van der Waals surface area contributed by atoms with Gasteiger partial charge in [-0.3, -0.25) is 28.8 Å². The van der Waals surface area contributed by atoms with Gasteiger partial charge in [0, 0.05) is 13.0 Å². The molecule has 16 nitrogen and oxygen atoms in total. The van der Waals surface area contributed by atoms with E-state index in [0.717, 1.165) is 0 Å². The first kappa shape index (κ1) is 36.2. The van der Waals surface area contributed by atoms with Crippen molar-refractivity contribution in [3.8, 4) is 0 Å². The Morgan fingerprint density at radius 3 is 1.98 bits per heavy atom. The highest BCUT2D eigenvalue weighted by molar-refractivity contribution is 5.96. The van der Waals surface area contributed by atoms with Crippen LogP contribution in [0.3, 0.4) is 0 Å². The van der Waals surface area contributed by atoms with Gasteiger partial charge in [-0.25, -0.2) is 4.79 Å². The van der Waals surface area contributed by atoms with Crippen LogP contribution in [0.15, 0.2) is 0 Å². The minimum Gasteiger partial charge on any atom is -0.481 e. The maximum absolute atomic E-state index is 13.3. The molecule has 0 aliphatic carbocycles. The van der Waals surface area contributed by atoms with Crippen LogP contribution >= 0.6 is 0 Å². The summed E-state index contributed by atoms with van der Waals surface area (Å²) in [4.78, 5) is 87.4. The first-order valence-electron chi connectivity index (χ1n) is 14.0. The summed E-state index contributed by atoms with van der Waals surface area (Å²) in [5.41, 5.74) is 11.5. The maximum atomic E-state index is 13.3. The van der Waals surface area contributed by atoms with Crippen LogP contribution < -0.4 is 27.4 Å². The Labute approximate surface area is 243 Å². The molecule has 10 N–H and O–H groups in total. The number of carbonyl (C=O) groups excluding carboxylic acids is 4. The van der Waals surface area contributed by atoms with E-state index in [1.165, 1.54) is 4.90 Å². The van der Waals surface area contributed by atoms with Gasteiger partial charge in [0.1, 0.15) is 24.2 Å². The van der Waals surface area contributed by atoms with Crippen molar-refractivity contribution in [2.75, 3.05) is 13.1 Å². The van der Waals surface area contributed by atoms with E-state index in [2.05, 4.69) is 16.0 Å². The molecule has 0 radical (unpaired) electrons. The normalized spacial score (nSPS) is 17.5.